The van der Waals surface area contributed by atoms with Crippen LogP contribution in [0.15, 0.2) is 54.7 Å². The predicted molar refractivity (Wildman–Crippen MR) is 100 cm³/mol. The van der Waals surface area contributed by atoms with E-state index in [2.05, 4.69) is 40.6 Å². The average Bonchev–Trinajstić information content (AvgIpc) is 2.65. The number of rotatable bonds is 6. The fourth-order valence-electron chi connectivity index (χ4n) is 2.62. The fourth-order valence-corrected chi connectivity index (χ4v) is 2.62. The van der Waals surface area contributed by atoms with Crippen molar-refractivity contribution in [2.45, 2.75) is 33.1 Å². The van der Waals surface area contributed by atoms with E-state index >= 15 is 0 Å². The Hall–Kier alpha value is -2.90. The number of para-hydroxylation sites is 1. The maximum Gasteiger partial charge on any atom is 0.103 e. The van der Waals surface area contributed by atoms with Gasteiger partial charge < -0.3 is 10.1 Å². The van der Waals surface area contributed by atoms with Gasteiger partial charge in [-0.05, 0) is 31.0 Å². The van der Waals surface area contributed by atoms with E-state index in [1.807, 2.05) is 38.1 Å². The number of pyridine rings is 1. The highest BCUT2D eigenvalue weighted by Gasteiger charge is 2.08. The van der Waals surface area contributed by atoms with Crippen LogP contribution in [0.5, 0.6) is 0 Å². The summed E-state index contributed by atoms with van der Waals surface area (Å²) in [5.74, 6) is 0. The van der Waals surface area contributed by atoms with E-state index in [1.165, 1.54) is 0 Å². The van der Waals surface area contributed by atoms with Crippen molar-refractivity contribution in [2.24, 2.45) is 0 Å². The summed E-state index contributed by atoms with van der Waals surface area (Å²) in [5, 5.41) is 13.7. The molecule has 0 unspecified atom stereocenters. The van der Waals surface area contributed by atoms with E-state index in [0.29, 0.717) is 18.7 Å². The van der Waals surface area contributed by atoms with Crippen molar-refractivity contribution < 1.29 is 4.74 Å². The summed E-state index contributed by atoms with van der Waals surface area (Å²) in [6.07, 6.45) is 1.85. The molecule has 1 heterocycles. The van der Waals surface area contributed by atoms with Gasteiger partial charge in [0.25, 0.3) is 0 Å². The van der Waals surface area contributed by atoms with Crippen LogP contribution in [-0.4, -0.2) is 11.1 Å². The number of nitrogens with one attached hydrogen (secondary N) is 1. The number of anilines is 1. The van der Waals surface area contributed by atoms with Gasteiger partial charge in [-0.2, -0.15) is 5.26 Å². The number of ether oxygens (including phenoxy) is 1. The average molecular weight is 331 g/mol. The summed E-state index contributed by atoms with van der Waals surface area (Å²) in [4.78, 5) is 4.34. The first kappa shape index (κ1) is 16.9. The molecule has 0 saturated heterocycles. The summed E-state index contributed by atoms with van der Waals surface area (Å²) >= 11 is 0. The molecule has 126 valence electrons. The third kappa shape index (κ3) is 4.14. The van der Waals surface area contributed by atoms with Gasteiger partial charge in [0, 0.05) is 18.1 Å². The summed E-state index contributed by atoms with van der Waals surface area (Å²) in [7, 11) is 0. The Morgan fingerprint density at radius 1 is 1.08 bits per heavy atom. The lowest BCUT2D eigenvalue weighted by molar-refractivity contribution is 0.0657. The van der Waals surface area contributed by atoms with E-state index in [1.54, 1.807) is 6.20 Å². The Balaban J connectivity index is 1.75. The van der Waals surface area contributed by atoms with Gasteiger partial charge in [-0.3, -0.25) is 4.98 Å². The molecule has 0 bridgehead atoms. The van der Waals surface area contributed by atoms with Crippen molar-refractivity contribution in [3.63, 3.8) is 0 Å². The lowest BCUT2D eigenvalue weighted by atomic mass is 10.1. The fraction of sp³-hybridized carbons (Fsp3) is 0.238. The topological polar surface area (TPSA) is 57.9 Å². The minimum Gasteiger partial charge on any atom is -0.379 e. The quantitative estimate of drug-likeness (QED) is 0.714. The lowest BCUT2D eigenvalue weighted by Gasteiger charge is -2.12. The molecule has 0 atom stereocenters. The zero-order valence-corrected chi connectivity index (χ0v) is 14.5. The molecule has 0 aliphatic carbocycles. The predicted octanol–water partition coefficient (Wildman–Crippen LogP) is 4.64. The SMILES string of the molecule is CC(C)OCc1ccc(CNc2c(C#N)cnc3ccccc23)cc1. The first-order valence-electron chi connectivity index (χ1n) is 8.38. The van der Waals surface area contributed by atoms with Crippen molar-refractivity contribution in [2.75, 3.05) is 5.32 Å². The highest BCUT2D eigenvalue weighted by molar-refractivity contribution is 5.93. The van der Waals surface area contributed by atoms with Crippen LogP contribution in [-0.2, 0) is 17.9 Å². The summed E-state index contributed by atoms with van der Waals surface area (Å²) < 4.78 is 5.62. The Labute approximate surface area is 148 Å². The van der Waals surface area contributed by atoms with Gasteiger partial charge in [-0.25, -0.2) is 0 Å². The molecule has 2 aromatic carbocycles. The molecule has 0 spiro atoms. The van der Waals surface area contributed by atoms with Crippen LogP contribution in [0.2, 0.25) is 0 Å². The molecule has 4 heteroatoms. The molecular formula is C21H21N3O. The Kier molecular flexibility index (Phi) is 5.27. The van der Waals surface area contributed by atoms with Crippen molar-refractivity contribution in [1.29, 1.82) is 5.26 Å². The van der Waals surface area contributed by atoms with Gasteiger partial charge in [-0.15, -0.1) is 0 Å². The minimum absolute atomic E-state index is 0.228. The van der Waals surface area contributed by atoms with Gasteiger partial charge in [-0.1, -0.05) is 42.5 Å². The maximum atomic E-state index is 9.37. The molecule has 1 N–H and O–H groups in total. The number of nitrogens with zero attached hydrogens (tertiary/aromatic N) is 2. The summed E-state index contributed by atoms with van der Waals surface area (Å²) in [6.45, 7) is 5.33. The Morgan fingerprint density at radius 3 is 2.52 bits per heavy atom. The van der Waals surface area contributed by atoms with Crippen LogP contribution >= 0.6 is 0 Å². The third-order valence-corrected chi connectivity index (χ3v) is 3.97. The first-order valence-corrected chi connectivity index (χ1v) is 8.38. The molecule has 3 rings (SSSR count). The van der Waals surface area contributed by atoms with Gasteiger partial charge in [0.15, 0.2) is 0 Å². The molecular weight excluding hydrogens is 310 g/mol. The number of hydrogen-bond donors (Lipinski definition) is 1. The molecule has 1 aromatic heterocycles. The molecule has 0 aliphatic rings. The molecule has 0 fully saturated rings. The van der Waals surface area contributed by atoms with Crippen LogP contribution < -0.4 is 5.32 Å². The zero-order valence-electron chi connectivity index (χ0n) is 14.5. The molecule has 0 aliphatic heterocycles. The molecule has 0 amide bonds. The van der Waals surface area contributed by atoms with Crippen LogP contribution in [0.1, 0.15) is 30.5 Å². The second kappa shape index (κ2) is 7.78. The molecule has 4 nitrogen and oxygen atoms in total. The minimum atomic E-state index is 0.228. The smallest absolute Gasteiger partial charge is 0.103 e. The number of nitriles is 1. The standard InChI is InChI=1S/C21H21N3O/c1-15(2)25-14-17-9-7-16(8-10-17)12-24-21-18(11-22)13-23-20-6-4-3-5-19(20)21/h3-10,13,15H,12,14H2,1-2H3,(H,23,24). The second-order valence-electron chi connectivity index (χ2n) is 6.21. The van der Waals surface area contributed by atoms with Crippen LogP contribution in [0.3, 0.4) is 0 Å². The molecule has 0 radical (unpaired) electrons. The third-order valence-electron chi connectivity index (χ3n) is 3.97. The van der Waals surface area contributed by atoms with Crippen molar-refractivity contribution >= 4 is 16.6 Å². The van der Waals surface area contributed by atoms with Crippen molar-refractivity contribution in [3.05, 3.63) is 71.4 Å². The Bertz CT molecular complexity index is 895. The van der Waals surface area contributed by atoms with E-state index < -0.39 is 0 Å². The van der Waals surface area contributed by atoms with Gasteiger partial charge in [0.2, 0.25) is 0 Å². The van der Waals surface area contributed by atoms with E-state index in [-0.39, 0.29) is 6.10 Å². The zero-order chi connectivity index (χ0) is 17.6. The molecule has 0 saturated carbocycles. The lowest BCUT2D eigenvalue weighted by Crippen LogP contribution is -2.04. The van der Waals surface area contributed by atoms with E-state index in [9.17, 15) is 5.26 Å². The molecule has 25 heavy (non-hydrogen) atoms. The largest absolute Gasteiger partial charge is 0.379 e. The van der Waals surface area contributed by atoms with Crippen molar-refractivity contribution in [1.82, 2.24) is 4.98 Å². The van der Waals surface area contributed by atoms with E-state index in [0.717, 1.165) is 27.7 Å². The maximum absolute atomic E-state index is 9.37. The van der Waals surface area contributed by atoms with Gasteiger partial charge >= 0.3 is 0 Å². The monoisotopic (exact) mass is 331 g/mol. The number of fused-ring (bicyclic) bond motifs is 1. The normalized spacial score (nSPS) is 10.8. The highest BCUT2D eigenvalue weighted by atomic mass is 16.5. The van der Waals surface area contributed by atoms with Gasteiger partial charge in [0.05, 0.1) is 29.5 Å². The number of aromatic nitrogens is 1. The summed E-state index contributed by atoms with van der Waals surface area (Å²) in [6, 6.07) is 18.4. The highest BCUT2D eigenvalue weighted by Crippen LogP contribution is 2.25. The second-order valence-corrected chi connectivity index (χ2v) is 6.21. The number of benzene rings is 2. The van der Waals surface area contributed by atoms with Crippen LogP contribution in [0.25, 0.3) is 10.9 Å². The summed E-state index contributed by atoms with van der Waals surface area (Å²) in [5.41, 5.74) is 4.58. The van der Waals surface area contributed by atoms with Gasteiger partial charge in [0.1, 0.15) is 6.07 Å². The molecule has 3 aromatic rings. The van der Waals surface area contributed by atoms with Crippen LogP contribution in [0.4, 0.5) is 5.69 Å². The first-order chi connectivity index (χ1) is 12.2. The van der Waals surface area contributed by atoms with Crippen LogP contribution in [0, 0.1) is 11.3 Å². The number of hydrogen-bond acceptors (Lipinski definition) is 4. The van der Waals surface area contributed by atoms with E-state index in [4.69, 9.17) is 4.74 Å². The van der Waals surface area contributed by atoms with Crippen molar-refractivity contribution in [3.8, 4) is 6.07 Å². The Morgan fingerprint density at radius 2 is 1.80 bits per heavy atom.